The molecule has 1 saturated heterocycles. The van der Waals surface area contributed by atoms with Crippen LogP contribution < -0.4 is 11.1 Å². The van der Waals surface area contributed by atoms with E-state index in [1.165, 1.54) is 0 Å². The fourth-order valence-corrected chi connectivity index (χ4v) is 4.59. The Morgan fingerprint density at radius 2 is 2.06 bits per heavy atom. The second kappa shape index (κ2) is 7.61. The molecule has 10 nitrogen and oxygen atoms in total. The molecule has 5 heterocycles. The summed E-state index contributed by atoms with van der Waals surface area (Å²) in [7, 11) is 0. The zero-order valence-corrected chi connectivity index (χ0v) is 18.0. The summed E-state index contributed by atoms with van der Waals surface area (Å²) in [5.74, 6) is 0.204. The van der Waals surface area contributed by atoms with E-state index in [-0.39, 0.29) is 23.3 Å². The smallest absolute Gasteiger partial charge is 0.317 e. The zero-order chi connectivity index (χ0) is 23.2. The van der Waals surface area contributed by atoms with E-state index in [9.17, 15) is 10.1 Å². The van der Waals surface area contributed by atoms with Crippen LogP contribution >= 0.6 is 0 Å². The van der Waals surface area contributed by atoms with Gasteiger partial charge in [0, 0.05) is 48.7 Å². The first-order valence-electron chi connectivity index (χ1n) is 10.6. The maximum absolute atomic E-state index is 12.8. The van der Waals surface area contributed by atoms with Crippen LogP contribution in [0.15, 0.2) is 36.7 Å². The molecule has 0 saturated carbocycles. The highest BCUT2D eigenvalue weighted by molar-refractivity contribution is 5.76. The van der Waals surface area contributed by atoms with Gasteiger partial charge in [-0.15, -0.1) is 0 Å². The van der Waals surface area contributed by atoms with Gasteiger partial charge in [0.05, 0.1) is 17.3 Å². The number of nitriles is 2. The Morgan fingerprint density at radius 3 is 2.82 bits per heavy atom. The van der Waals surface area contributed by atoms with Crippen molar-refractivity contribution < 1.29 is 4.79 Å². The van der Waals surface area contributed by atoms with E-state index in [4.69, 9.17) is 16.1 Å². The van der Waals surface area contributed by atoms with Crippen LogP contribution in [-0.4, -0.2) is 43.8 Å². The van der Waals surface area contributed by atoms with Crippen LogP contribution in [0.25, 0.3) is 11.3 Å². The summed E-state index contributed by atoms with van der Waals surface area (Å²) >= 11 is 0. The second-order valence-corrected chi connectivity index (χ2v) is 8.55. The van der Waals surface area contributed by atoms with E-state index in [0.29, 0.717) is 24.3 Å². The lowest BCUT2D eigenvalue weighted by Crippen LogP contribution is -2.62. The molecule has 10 heteroatoms. The van der Waals surface area contributed by atoms with Gasteiger partial charge in [0.15, 0.2) is 0 Å². The number of fused-ring (bicyclic) bond motifs is 2. The number of nitrogens with one attached hydrogen (secondary N) is 1. The third-order valence-corrected chi connectivity index (χ3v) is 6.47. The van der Waals surface area contributed by atoms with Crippen molar-refractivity contribution in [3.63, 3.8) is 0 Å². The number of carbonyl (C=O) groups is 1. The number of aryl methyl sites for hydroxylation is 1. The lowest BCUT2D eigenvalue weighted by molar-refractivity contribution is 0.0906. The summed E-state index contributed by atoms with van der Waals surface area (Å²) in [5, 5.41) is 26.0. The number of anilines is 1. The molecule has 1 unspecified atom stereocenters. The van der Waals surface area contributed by atoms with E-state index in [0.717, 1.165) is 35.5 Å². The molecule has 164 valence electrons. The maximum Gasteiger partial charge on any atom is 0.317 e. The summed E-state index contributed by atoms with van der Waals surface area (Å²) in [4.78, 5) is 22.7. The number of aromatic nitrogens is 4. The van der Waals surface area contributed by atoms with Gasteiger partial charge in [-0.05, 0) is 43.2 Å². The molecule has 3 N–H and O–H groups in total. The second-order valence-electron chi connectivity index (χ2n) is 8.55. The van der Waals surface area contributed by atoms with Gasteiger partial charge in [0.25, 0.3) is 0 Å². The van der Waals surface area contributed by atoms with E-state index in [1.54, 1.807) is 35.5 Å². The number of nitrogens with zero attached hydrogens (tertiary/aromatic N) is 7. The number of nitrogen functional groups attached to an aromatic ring is 1. The number of rotatable bonds is 3. The number of hydrogen-bond donors (Lipinski definition) is 2. The Hall–Kier alpha value is -4.44. The standard InChI is InChI=1S/C23H21N9O/c1-14(15-2-4-27-18(7-15)10-25)29-22(33)31-12-23(13-31)3-5-32-20(23)8-19(30-32)17-6-16(9-24)21(26)28-11-17/h2,4,6-8,11,14H,3,5,12-13H2,1H3,(H2,26,28)(H,29,33). The highest BCUT2D eigenvalue weighted by atomic mass is 16.2. The van der Waals surface area contributed by atoms with Gasteiger partial charge < -0.3 is 16.0 Å². The summed E-state index contributed by atoms with van der Waals surface area (Å²) in [6, 6.07) is 10.9. The third-order valence-electron chi connectivity index (χ3n) is 6.47. The van der Waals surface area contributed by atoms with E-state index in [2.05, 4.69) is 21.4 Å². The number of carbonyl (C=O) groups excluding carboxylic acids is 1. The Morgan fingerprint density at radius 1 is 1.24 bits per heavy atom. The third kappa shape index (κ3) is 3.42. The molecular weight excluding hydrogens is 418 g/mol. The minimum atomic E-state index is -0.239. The predicted octanol–water partition coefficient (Wildman–Crippen LogP) is 2.09. The van der Waals surface area contributed by atoms with Gasteiger partial charge in [-0.2, -0.15) is 15.6 Å². The van der Waals surface area contributed by atoms with Crippen LogP contribution in [0, 0.1) is 22.7 Å². The van der Waals surface area contributed by atoms with Crippen molar-refractivity contribution in [3.8, 4) is 23.4 Å². The SMILES string of the molecule is CC(NC(=O)N1CC2(CCn3nc(-c4cnc(N)c(C#N)c4)cc32)C1)c1ccnc(C#N)c1. The van der Waals surface area contributed by atoms with Gasteiger partial charge in [0.2, 0.25) is 0 Å². The fraction of sp³-hybridized carbons (Fsp3) is 0.304. The summed E-state index contributed by atoms with van der Waals surface area (Å²) in [6.07, 6.45) is 4.12. The zero-order valence-electron chi connectivity index (χ0n) is 18.0. The first-order chi connectivity index (χ1) is 15.9. The molecule has 1 fully saturated rings. The van der Waals surface area contributed by atoms with Crippen LogP contribution in [-0.2, 0) is 12.0 Å². The van der Waals surface area contributed by atoms with Crippen molar-refractivity contribution in [2.75, 3.05) is 18.8 Å². The Bertz CT molecular complexity index is 1340. The summed E-state index contributed by atoms with van der Waals surface area (Å²) in [6.45, 7) is 3.89. The Balaban J connectivity index is 1.28. The fourth-order valence-electron chi connectivity index (χ4n) is 4.59. The Labute approximate surface area is 190 Å². The molecule has 5 rings (SSSR count). The number of likely N-dealkylation sites (tertiary alicyclic amines) is 1. The van der Waals surface area contributed by atoms with E-state index in [1.807, 2.05) is 23.7 Å². The van der Waals surface area contributed by atoms with Crippen molar-refractivity contribution >= 4 is 11.8 Å². The van der Waals surface area contributed by atoms with Crippen molar-refractivity contribution in [2.24, 2.45) is 0 Å². The molecule has 2 aliphatic heterocycles. The first-order valence-corrected chi connectivity index (χ1v) is 10.6. The normalized spacial score (nSPS) is 16.4. The highest BCUT2D eigenvalue weighted by Gasteiger charge is 2.51. The molecule has 1 atom stereocenters. The number of nitrogens with two attached hydrogens (primary N) is 1. The van der Waals surface area contributed by atoms with Crippen LogP contribution in [0.3, 0.4) is 0 Å². The number of urea groups is 1. The molecule has 0 aromatic carbocycles. The minimum Gasteiger partial charge on any atom is -0.383 e. The molecule has 2 amide bonds. The van der Waals surface area contributed by atoms with Gasteiger partial charge in [-0.1, -0.05) is 0 Å². The molecule has 0 bridgehead atoms. The molecule has 0 radical (unpaired) electrons. The average molecular weight is 439 g/mol. The van der Waals surface area contributed by atoms with Crippen molar-refractivity contribution in [1.82, 2.24) is 30.0 Å². The van der Waals surface area contributed by atoms with Gasteiger partial charge in [-0.3, -0.25) is 4.68 Å². The summed E-state index contributed by atoms with van der Waals surface area (Å²) < 4.78 is 1.98. The molecule has 1 spiro atoms. The minimum absolute atomic E-state index is 0.115. The topological polar surface area (TPSA) is 150 Å². The van der Waals surface area contributed by atoms with Gasteiger partial charge in [-0.25, -0.2) is 14.8 Å². The molecule has 2 aliphatic rings. The summed E-state index contributed by atoms with van der Waals surface area (Å²) in [5.41, 5.74) is 9.69. The molecule has 33 heavy (non-hydrogen) atoms. The van der Waals surface area contributed by atoms with Crippen molar-refractivity contribution in [2.45, 2.75) is 31.3 Å². The van der Waals surface area contributed by atoms with Crippen molar-refractivity contribution in [1.29, 1.82) is 10.5 Å². The first kappa shape index (κ1) is 20.5. The monoisotopic (exact) mass is 439 g/mol. The largest absolute Gasteiger partial charge is 0.383 e. The Kier molecular flexibility index (Phi) is 4.72. The highest BCUT2D eigenvalue weighted by Crippen LogP contribution is 2.44. The van der Waals surface area contributed by atoms with Crippen molar-refractivity contribution in [3.05, 3.63) is 59.2 Å². The van der Waals surface area contributed by atoms with Crippen LogP contribution in [0.5, 0.6) is 0 Å². The number of pyridine rings is 2. The van der Waals surface area contributed by atoms with E-state index < -0.39 is 0 Å². The van der Waals surface area contributed by atoms with Crippen LogP contribution in [0.2, 0.25) is 0 Å². The van der Waals surface area contributed by atoms with Gasteiger partial charge in [0.1, 0.15) is 23.7 Å². The molecule has 3 aromatic rings. The predicted molar refractivity (Wildman–Crippen MR) is 118 cm³/mol. The maximum atomic E-state index is 12.8. The molecular formula is C23H21N9O. The molecule has 0 aliphatic carbocycles. The molecule has 3 aromatic heterocycles. The lowest BCUT2D eigenvalue weighted by Gasteiger charge is -2.47. The van der Waals surface area contributed by atoms with Gasteiger partial charge >= 0.3 is 6.03 Å². The lowest BCUT2D eigenvalue weighted by atomic mass is 9.76. The average Bonchev–Trinajstić information content (AvgIpc) is 3.38. The van der Waals surface area contributed by atoms with Crippen LogP contribution in [0.1, 0.15) is 41.9 Å². The van der Waals surface area contributed by atoms with E-state index >= 15 is 0 Å². The number of amides is 2. The van der Waals surface area contributed by atoms with Crippen LogP contribution in [0.4, 0.5) is 10.6 Å². The number of hydrogen-bond acceptors (Lipinski definition) is 7. The quantitative estimate of drug-likeness (QED) is 0.634.